The number of amides is 2. The second-order valence-electron chi connectivity index (χ2n) is 6.45. The molecule has 1 N–H and O–H groups in total. The molecule has 2 heterocycles. The minimum absolute atomic E-state index is 0.207. The van der Waals surface area contributed by atoms with Gasteiger partial charge in [0.1, 0.15) is 0 Å². The lowest BCUT2D eigenvalue weighted by Crippen LogP contribution is -2.55. The molecule has 24 heavy (non-hydrogen) atoms. The van der Waals surface area contributed by atoms with E-state index in [4.69, 9.17) is 4.74 Å². The van der Waals surface area contributed by atoms with Crippen molar-refractivity contribution in [3.8, 4) is 0 Å². The van der Waals surface area contributed by atoms with Crippen molar-refractivity contribution < 1.29 is 14.3 Å². The summed E-state index contributed by atoms with van der Waals surface area (Å²) in [4.78, 5) is 26.4. The van der Waals surface area contributed by atoms with Crippen LogP contribution < -0.4 is 5.32 Å². The third-order valence-corrected chi connectivity index (χ3v) is 4.63. The number of anilines is 1. The summed E-state index contributed by atoms with van der Waals surface area (Å²) in [5.41, 5.74) is 1.78. The molecule has 1 saturated heterocycles. The van der Waals surface area contributed by atoms with E-state index >= 15 is 0 Å². The summed E-state index contributed by atoms with van der Waals surface area (Å²) in [5, 5.41) is 3.38. The van der Waals surface area contributed by atoms with Crippen LogP contribution in [0.3, 0.4) is 0 Å². The third-order valence-electron chi connectivity index (χ3n) is 4.63. The van der Waals surface area contributed by atoms with Gasteiger partial charge in [-0.2, -0.15) is 0 Å². The monoisotopic (exact) mass is 322 g/mol. The van der Waals surface area contributed by atoms with Crippen molar-refractivity contribution in [2.45, 2.75) is 0 Å². The molecule has 0 unspecified atom stereocenters. The summed E-state index contributed by atoms with van der Waals surface area (Å²) in [7, 11) is 0. The van der Waals surface area contributed by atoms with E-state index in [2.05, 4.69) is 5.32 Å². The quantitative estimate of drug-likeness (QED) is 0.859. The Balaban J connectivity index is 1.49. The number of nitrogens with one attached hydrogen (secondary N) is 1. The smallest absolute Gasteiger partial charge is 0.261 e. The first-order chi connectivity index (χ1) is 11.7. The summed E-state index contributed by atoms with van der Waals surface area (Å²) < 4.78 is 5.40. The van der Waals surface area contributed by atoms with E-state index in [0.717, 1.165) is 5.69 Å². The zero-order valence-corrected chi connectivity index (χ0v) is 13.2. The van der Waals surface area contributed by atoms with Gasteiger partial charge in [0.25, 0.3) is 11.8 Å². The normalized spacial score (nSPS) is 18.2. The van der Waals surface area contributed by atoms with Crippen molar-refractivity contribution in [2.24, 2.45) is 5.41 Å². The molecule has 0 aromatic heterocycles. The highest BCUT2D eigenvalue weighted by Gasteiger charge is 2.45. The first kappa shape index (κ1) is 14.9. The van der Waals surface area contributed by atoms with E-state index < -0.39 is 0 Å². The average molecular weight is 322 g/mol. The van der Waals surface area contributed by atoms with Crippen LogP contribution in [0, 0.1) is 5.41 Å². The molecule has 0 radical (unpaired) electrons. The van der Waals surface area contributed by atoms with E-state index in [1.54, 1.807) is 24.3 Å². The number of rotatable bonds is 5. The van der Waals surface area contributed by atoms with Gasteiger partial charge >= 0.3 is 0 Å². The van der Waals surface area contributed by atoms with Crippen molar-refractivity contribution in [2.75, 3.05) is 31.6 Å². The molecular formula is C19H18N2O3. The van der Waals surface area contributed by atoms with E-state index in [1.807, 2.05) is 30.3 Å². The predicted octanol–water partition coefficient (Wildman–Crippen LogP) is 2.41. The number of carbonyl (C=O) groups is 2. The molecule has 0 spiro atoms. The molecule has 2 aliphatic heterocycles. The molecular weight excluding hydrogens is 304 g/mol. The van der Waals surface area contributed by atoms with Gasteiger partial charge in [0, 0.05) is 18.8 Å². The number of nitrogens with zero attached hydrogens (tertiary/aromatic N) is 1. The SMILES string of the molecule is O=C1c2ccccc2C(=O)N1CC1(CNc2ccccc2)COC1. The van der Waals surface area contributed by atoms with Crippen LogP contribution in [0.2, 0.25) is 0 Å². The molecule has 0 bridgehead atoms. The zero-order valence-electron chi connectivity index (χ0n) is 13.2. The minimum atomic E-state index is -0.233. The van der Waals surface area contributed by atoms with E-state index in [-0.39, 0.29) is 17.2 Å². The molecule has 4 rings (SSSR count). The number of fused-ring (bicyclic) bond motifs is 1. The third kappa shape index (κ3) is 2.47. The summed E-state index contributed by atoms with van der Waals surface area (Å²) in [6, 6.07) is 16.9. The standard InChI is InChI=1S/C19H18N2O3/c22-17-15-8-4-5-9-16(15)18(23)21(17)11-19(12-24-13-19)10-20-14-6-2-1-3-7-14/h1-9,20H,10-13H2. The van der Waals surface area contributed by atoms with Gasteiger partial charge in [0.15, 0.2) is 0 Å². The highest BCUT2D eigenvalue weighted by Crippen LogP contribution is 2.33. The topological polar surface area (TPSA) is 58.6 Å². The van der Waals surface area contributed by atoms with Gasteiger partial charge < -0.3 is 10.1 Å². The fourth-order valence-corrected chi connectivity index (χ4v) is 3.20. The number of hydrogen-bond donors (Lipinski definition) is 1. The van der Waals surface area contributed by atoms with Crippen LogP contribution in [0.25, 0.3) is 0 Å². The average Bonchev–Trinajstić information content (AvgIpc) is 2.83. The number of carbonyl (C=O) groups excluding carboxylic acids is 2. The number of benzene rings is 2. The first-order valence-electron chi connectivity index (χ1n) is 8.00. The lowest BCUT2D eigenvalue weighted by Gasteiger charge is -2.43. The van der Waals surface area contributed by atoms with Crippen molar-refractivity contribution >= 4 is 17.5 Å². The minimum Gasteiger partial charge on any atom is -0.384 e. The van der Waals surface area contributed by atoms with E-state index in [1.165, 1.54) is 4.90 Å². The summed E-state index contributed by atoms with van der Waals surface area (Å²) in [6.07, 6.45) is 0. The first-order valence-corrected chi connectivity index (χ1v) is 8.00. The summed E-state index contributed by atoms with van der Waals surface area (Å²) >= 11 is 0. The second kappa shape index (κ2) is 5.76. The van der Waals surface area contributed by atoms with Crippen molar-refractivity contribution in [3.63, 3.8) is 0 Å². The van der Waals surface area contributed by atoms with Crippen LogP contribution in [-0.2, 0) is 4.74 Å². The number of hydrogen-bond acceptors (Lipinski definition) is 4. The Hall–Kier alpha value is -2.66. The Kier molecular flexibility index (Phi) is 3.58. The fourth-order valence-electron chi connectivity index (χ4n) is 3.20. The Morgan fingerprint density at radius 3 is 2.04 bits per heavy atom. The molecule has 2 aromatic rings. The molecule has 1 fully saturated rings. The largest absolute Gasteiger partial charge is 0.384 e. The van der Waals surface area contributed by atoms with E-state index in [0.29, 0.717) is 37.4 Å². The number of imide groups is 1. The summed E-state index contributed by atoms with van der Waals surface area (Å²) in [6.45, 7) is 2.12. The van der Waals surface area contributed by atoms with Gasteiger partial charge in [-0.05, 0) is 24.3 Å². The van der Waals surface area contributed by atoms with Crippen molar-refractivity contribution in [1.82, 2.24) is 4.90 Å². The highest BCUT2D eigenvalue weighted by molar-refractivity contribution is 6.21. The molecule has 0 atom stereocenters. The Morgan fingerprint density at radius 1 is 0.917 bits per heavy atom. The van der Waals surface area contributed by atoms with Gasteiger partial charge in [-0.25, -0.2) is 0 Å². The molecule has 0 aliphatic carbocycles. The maximum atomic E-state index is 12.5. The Labute approximate surface area is 140 Å². The van der Waals surface area contributed by atoms with Gasteiger partial charge in [0.2, 0.25) is 0 Å². The van der Waals surface area contributed by atoms with Crippen molar-refractivity contribution in [3.05, 3.63) is 65.7 Å². The van der Waals surface area contributed by atoms with Crippen LogP contribution in [0.15, 0.2) is 54.6 Å². The predicted molar refractivity (Wildman–Crippen MR) is 90.0 cm³/mol. The van der Waals surface area contributed by atoms with Gasteiger partial charge in [-0.15, -0.1) is 0 Å². The Bertz CT molecular complexity index is 749. The fraction of sp³-hybridized carbons (Fsp3) is 0.263. The lowest BCUT2D eigenvalue weighted by atomic mass is 9.85. The molecule has 0 saturated carbocycles. The number of ether oxygens (including phenoxy) is 1. The molecule has 5 nitrogen and oxygen atoms in total. The maximum Gasteiger partial charge on any atom is 0.261 e. The second-order valence-corrected chi connectivity index (χ2v) is 6.45. The molecule has 2 aliphatic rings. The van der Waals surface area contributed by atoms with Crippen LogP contribution in [0.4, 0.5) is 5.69 Å². The lowest BCUT2D eigenvalue weighted by molar-refractivity contribution is -0.110. The van der Waals surface area contributed by atoms with Crippen molar-refractivity contribution in [1.29, 1.82) is 0 Å². The Morgan fingerprint density at radius 2 is 1.50 bits per heavy atom. The highest BCUT2D eigenvalue weighted by atomic mass is 16.5. The van der Waals surface area contributed by atoms with Crippen LogP contribution >= 0.6 is 0 Å². The number of para-hydroxylation sites is 1. The van der Waals surface area contributed by atoms with Gasteiger partial charge in [-0.3, -0.25) is 14.5 Å². The molecule has 2 aromatic carbocycles. The zero-order chi connectivity index (χ0) is 16.6. The van der Waals surface area contributed by atoms with Crippen LogP contribution in [-0.4, -0.2) is 43.0 Å². The van der Waals surface area contributed by atoms with Gasteiger partial charge in [-0.1, -0.05) is 30.3 Å². The molecule has 5 heteroatoms. The maximum absolute atomic E-state index is 12.5. The molecule has 122 valence electrons. The summed E-state index contributed by atoms with van der Waals surface area (Å²) in [5.74, 6) is -0.414. The van der Waals surface area contributed by atoms with Crippen LogP contribution in [0.5, 0.6) is 0 Å². The van der Waals surface area contributed by atoms with Gasteiger partial charge in [0.05, 0.1) is 29.8 Å². The van der Waals surface area contributed by atoms with E-state index in [9.17, 15) is 9.59 Å². The van der Waals surface area contributed by atoms with Crippen LogP contribution in [0.1, 0.15) is 20.7 Å². The molecule has 2 amide bonds.